The third-order valence-corrected chi connectivity index (χ3v) is 4.92. The molecule has 3 saturated heterocycles. The Morgan fingerprint density at radius 1 is 0.917 bits per heavy atom. The lowest BCUT2D eigenvalue weighted by Crippen LogP contribution is -2.82. The van der Waals surface area contributed by atoms with Crippen molar-refractivity contribution in [3.05, 3.63) is 0 Å². The van der Waals surface area contributed by atoms with E-state index in [9.17, 15) is 0 Å². The molecule has 70 valence electrons. The second-order valence-corrected chi connectivity index (χ2v) is 6.11. The Morgan fingerprint density at radius 3 is 1.75 bits per heavy atom. The predicted octanol–water partition coefficient (Wildman–Crippen LogP) is -2.52. The van der Waals surface area contributed by atoms with Crippen molar-refractivity contribution in [1.29, 1.82) is 0 Å². The molecule has 0 amide bonds. The van der Waals surface area contributed by atoms with Gasteiger partial charge in [-0.15, -0.1) is 0 Å². The van der Waals surface area contributed by atoms with E-state index in [1.54, 1.807) is 0 Å². The highest BCUT2D eigenvalue weighted by Gasteiger charge is 2.32. The summed E-state index contributed by atoms with van der Waals surface area (Å²) < 4.78 is 0. The SMILES string of the molecule is N[Si]12NCCN(CCN1)CCN2. The summed E-state index contributed by atoms with van der Waals surface area (Å²) in [5.41, 5.74) is 0. The molecule has 0 saturated carbocycles. The van der Waals surface area contributed by atoms with Gasteiger partial charge in [0.05, 0.1) is 0 Å². The van der Waals surface area contributed by atoms with Crippen molar-refractivity contribution in [2.45, 2.75) is 0 Å². The Balaban J connectivity index is 2.06. The number of hydrogen-bond acceptors (Lipinski definition) is 5. The molecule has 0 unspecified atom stereocenters. The highest BCUT2D eigenvalue weighted by Crippen LogP contribution is 1.94. The van der Waals surface area contributed by atoms with Gasteiger partial charge < -0.3 is 5.40 Å². The van der Waals surface area contributed by atoms with E-state index >= 15 is 0 Å². The number of nitrogens with one attached hydrogen (secondary N) is 3. The summed E-state index contributed by atoms with van der Waals surface area (Å²) >= 11 is 0. The molecule has 0 aliphatic carbocycles. The van der Waals surface area contributed by atoms with Crippen LogP contribution in [0.2, 0.25) is 0 Å². The topological polar surface area (TPSA) is 65.3 Å². The van der Waals surface area contributed by atoms with E-state index in [1.807, 2.05) is 0 Å². The smallest absolute Gasteiger partial charge is 0.314 e. The fourth-order valence-corrected chi connectivity index (χ4v) is 3.65. The van der Waals surface area contributed by atoms with Crippen molar-refractivity contribution in [3.63, 3.8) is 0 Å². The van der Waals surface area contributed by atoms with Gasteiger partial charge in [-0.25, -0.2) is 0 Å². The summed E-state index contributed by atoms with van der Waals surface area (Å²) in [6.07, 6.45) is 0. The number of nitrogens with two attached hydrogens (primary N) is 1. The maximum atomic E-state index is 6.15. The minimum absolute atomic E-state index is 1.00. The molecule has 0 aromatic heterocycles. The molecule has 12 heavy (non-hydrogen) atoms. The molecule has 3 rings (SSSR count). The van der Waals surface area contributed by atoms with Gasteiger partial charge in [-0.05, 0) is 0 Å². The van der Waals surface area contributed by atoms with Crippen molar-refractivity contribution in [2.75, 3.05) is 39.3 Å². The molecule has 3 heterocycles. The summed E-state index contributed by atoms with van der Waals surface area (Å²) in [6.45, 7) is 6.41. The first-order chi connectivity index (χ1) is 5.79. The Hall–Kier alpha value is 0.0169. The van der Waals surface area contributed by atoms with Crippen molar-refractivity contribution in [2.24, 2.45) is 5.40 Å². The highest BCUT2D eigenvalue weighted by molar-refractivity contribution is 6.69. The Bertz CT molecular complexity index is 137. The second-order valence-electron chi connectivity index (χ2n) is 3.43. The zero-order valence-electron chi connectivity index (χ0n) is 7.27. The quantitative estimate of drug-likeness (QED) is 0.315. The molecule has 3 aliphatic rings. The van der Waals surface area contributed by atoms with Gasteiger partial charge in [0, 0.05) is 39.3 Å². The van der Waals surface area contributed by atoms with Crippen LogP contribution >= 0.6 is 0 Å². The third-order valence-electron chi connectivity index (χ3n) is 2.50. The summed E-state index contributed by atoms with van der Waals surface area (Å²) in [7, 11) is -1.96. The molecule has 0 aromatic carbocycles. The largest absolute Gasteiger partial charge is 0.363 e. The molecular formula is C6H17N5Si. The Morgan fingerprint density at radius 2 is 1.33 bits per heavy atom. The van der Waals surface area contributed by atoms with Gasteiger partial charge in [0.15, 0.2) is 0 Å². The average molecular weight is 187 g/mol. The zero-order valence-corrected chi connectivity index (χ0v) is 8.27. The molecule has 5 nitrogen and oxygen atoms in total. The molecule has 2 bridgehead atoms. The van der Waals surface area contributed by atoms with E-state index in [1.165, 1.54) is 0 Å². The molecule has 0 spiro atoms. The van der Waals surface area contributed by atoms with Crippen molar-refractivity contribution in [3.8, 4) is 0 Å². The van der Waals surface area contributed by atoms with Crippen LogP contribution in [0.5, 0.6) is 0 Å². The second kappa shape index (κ2) is 3.41. The van der Waals surface area contributed by atoms with Gasteiger partial charge in [0.25, 0.3) is 0 Å². The van der Waals surface area contributed by atoms with E-state index in [2.05, 4.69) is 19.8 Å². The van der Waals surface area contributed by atoms with Crippen LogP contribution < -0.4 is 20.3 Å². The highest BCUT2D eigenvalue weighted by atomic mass is 28.4. The molecule has 0 atom stereocenters. The van der Waals surface area contributed by atoms with E-state index in [0.717, 1.165) is 39.3 Å². The fourth-order valence-electron chi connectivity index (χ4n) is 1.76. The summed E-state index contributed by atoms with van der Waals surface area (Å²) in [4.78, 5) is 12.6. The van der Waals surface area contributed by atoms with Gasteiger partial charge in [-0.2, -0.15) is 0 Å². The van der Waals surface area contributed by atoms with Gasteiger partial charge >= 0.3 is 8.72 Å². The van der Waals surface area contributed by atoms with Crippen molar-refractivity contribution >= 4 is 8.72 Å². The van der Waals surface area contributed by atoms with Crippen LogP contribution in [0.1, 0.15) is 0 Å². The van der Waals surface area contributed by atoms with E-state index in [4.69, 9.17) is 5.40 Å². The minimum atomic E-state index is -1.96. The van der Waals surface area contributed by atoms with Crippen molar-refractivity contribution in [1.82, 2.24) is 19.8 Å². The van der Waals surface area contributed by atoms with Gasteiger partial charge in [0.2, 0.25) is 0 Å². The lowest BCUT2D eigenvalue weighted by Gasteiger charge is -2.38. The number of hydrogen-bond donors (Lipinski definition) is 4. The average Bonchev–Trinajstić information content (AvgIpc) is 1.93. The lowest BCUT2D eigenvalue weighted by molar-refractivity contribution is 0.267. The molecule has 3 aliphatic heterocycles. The van der Waals surface area contributed by atoms with Gasteiger partial charge in [0.1, 0.15) is 0 Å². The summed E-state index contributed by atoms with van der Waals surface area (Å²) in [5, 5.41) is 6.15. The lowest BCUT2D eigenvalue weighted by atomic mass is 10.4. The molecule has 6 heteroatoms. The number of rotatable bonds is 0. The van der Waals surface area contributed by atoms with Gasteiger partial charge in [-0.1, -0.05) is 0 Å². The van der Waals surface area contributed by atoms with E-state index in [-0.39, 0.29) is 0 Å². The summed E-state index contributed by atoms with van der Waals surface area (Å²) in [5.74, 6) is 0. The van der Waals surface area contributed by atoms with E-state index in [0.29, 0.717) is 0 Å². The zero-order chi connectivity index (χ0) is 8.44. The molecule has 3 fully saturated rings. The normalized spacial score (nSPS) is 43.2. The van der Waals surface area contributed by atoms with Crippen LogP contribution in [0.25, 0.3) is 0 Å². The first kappa shape index (κ1) is 8.61. The number of nitrogens with zero attached hydrogens (tertiary/aromatic N) is 1. The molecule has 0 radical (unpaired) electrons. The summed E-state index contributed by atoms with van der Waals surface area (Å²) in [6, 6.07) is 0. The minimum Gasteiger partial charge on any atom is -0.314 e. The van der Waals surface area contributed by atoms with Crippen LogP contribution in [0, 0.1) is 0 Å². The molecular weight excluding hydrogens is 170 g/mol. The standard InChI is InChI=1S/C6H17N5Si/c7-12-8-1-4-11(5-2-9-12)6-3-10-12/h8-10H,1-7H2. The van der Waals surface area contributed by atoms with Crippen LogP contribution in [0.4, 0.5) is 0 Å². The maximum absolute atomic E-state index is 6.15. The predicted molar refractivity (Wildman–Crippen MR) is 50.4 cm³/mol. The first-order valence-electron chi connectivity index (χ1n) is 4.55. The van der Waals surface area contributed by atoms with Gasteiger partial charge in [-0.3, -0.25) is 19.8 Å². The monoisotopic (exact) mass is 187 g/mol. The van der Waals surface area contributed by atoms with Crippen LogP contribution in [-0.4, -0.2) is 52.9 Å². The number of fused-ring (bicyclic) bond motifs is 6. The van der Waals surface area contributed by atoms with Crippen molar-refractivity contribution < 1.29 is 0 Å². The maximum Gasteiger partial charge on any atom is 0.363 e. The van der Waals surface area contributed by atoms with Crippen LogP contribution in [0.3, 0.4) is 0 Å². The first-order valence-corrected chi connectivity index (χ1v) is 6.63. The molecule has 5 N–H and O–H groups in total. The Labute approximate surface area is 74.0 Å². The fraction of sp³-hybridized carbons (Fsp3) is 1.00. The van der Waals surface area contributed by atoms with Crippen LogP contribution in [0.15, 0.2) is 0 Å². The van der Waals surface area contributed by atoms with Crippen LogP contribution in [-0.2, 0) is 0 Å². The van der Waals surface area contributed by atoms with E-state index < -0.39 is 8.72 Å². The molecule has 0 aromatic rings. The third kappa shape index (κ3) is 1.84. The Kier molecular flexibility index (Phi) is 2.44.